The molecule has 3 aromatic rings. The number of aromatic nitrogens is 2. The van der Waals surface area contributed by atoms with Gasteiger partial charge in [-0.15, -0.1) is 0 Å². The number of para-hydroxylation sites is 1. The smallest absolute Gasteiger partial charge is 0.122 e. The van der Waals surface area contributed by atoms with Crippen LogP contribution in [0.2, 0.25) is 0 Å². The van der Waals surface area contributed by atoms with Gasteiger partial charge in [-0.2, -0.15) is 5.10 Å². The Labute approximate surface area is 152 Å². The molecule has 1 unspecified atom stereocenters. The Morgan fingerprint density at radius 1 is 1.19 bits per heavy atom. The van der Waals surface area contributed by atoms with Gasteiger partial charge in [0.2, 0.25) is 0 Å². The number of nitrogens with one attached hydrogen (secondary N) is 2. The first-order valence-corrected chi connectivity index (χ1v) is 8.83. The Kier molecular flexibility index (Phi) is 5.54. The molecule has 0 bridgehead atoms. The summed E-state index contributed by atoms with van der Waals surface area (Å²) in [6, 6.07) is 14.0. The lowest BCUT2D eigenvalue weighted by atomic mass is 10.1. The van der Waals surface area contributed by atoms with Gasteiger partial charge in [0.05, 0.1) is 17.4 Å². The monoisotopic (exact) mass is 356 g/mol. The minimum atomic E-state index is -1.44. The summed E-state index contributed by atoms with van der Waals surface area (Å²) in [6.07, 6.45) is 1.79. The van der Waals surface area contributed by atoms with E-state index in [4.69, 9.17) is 0 Å². The number of alkyl halides is 1. The average molecular weight is 356 g/mol. The number of hydrogen-bond donors (Lipinski definition) is 3. The number of likely N-dealkylation sites (N-methyl/N-ethyl adjacent to an activating group) is 1. The van der Waals surface area contributed by atoms with Gasteiger partial charge >= 0.3 is 0 Å². The number of fused-ring (bicyclic) bond motifs is 1. The second kappa shape index (κ2) is 7.85. The van der Waals surface area contributed by atoms with E-state index in [2.05, 4.69) is 21.8 Å². The van der Waals surface area contributed by atoms with Crippen LogP contribution in [-0.2, 0) is 0 Å². The molecule has 1 aromatic heterocycles. The fraction of sp³-hybridized carbons (Fsp3) is 0.350. The summed E-state index contributed by atoms with van der Waals surface area (Å²) in [4.78, 5) is 0. The third-order valence-corrected chi connectivity index (χ3v) is 4.39. The van der Waals surface area contributed by atoms with Crippen molar-refractivity contribution in [1.29, 1.82) is 0 Å². The maximum Gasteiger partial charge on any atom is 0.122 e. The number of nitrogens with zero attached hydrogens (tertiary/aromatic N) is 2. The van der Waals surface area contributed by atoms with Gasteiger partial charge in [-0.05, 0) is 43.3 Å². The normalized spacial score (nSPS) is 13.7. The fourth-order valence-electron chi connectivity index (χ4n) is 2.96. The van der Waals surface area contributed by atoms with Gasteiger partial charge in [0, 0.05) is 24.2 Å². The zero-order valence-electron chi connectivity index (χ0n) is 15.2. The molecular weight excluding hydrogens is 331 g/mol. The van der Waals surface area contributed by atoms with Crippen LogP contribution in [0, 0.1) is 6.92 Å². The Hall–Kier alpha value is -2.44. The molecule has 0 saturated carbocycles. The van der Waals surface area contributed by atoms with Crippen molar-refractivity contribution in [1.82, 2.24) is 15.1 Å². The predicted molar refractivity (Wildman–Crippen MR) is 104 cm³/mol. The summed E-state index contributed by atoms with van der Waals surface area (Å²) in [7, 11) is 0. The van der Waals surface area contributed by atoms with Crippen LogP contribution in [0.25, 0.3) is 16.6 Å². The second-order valence-electron chi connectivity index (χ2n) is 6.63. The van der Waals surface area contributed by atoms with Crippen molar-refractivity contribution in [2.75, 3.05) is 31.6 Å². The van der Waals surface area contributed by atoms with E-state index in [1.54, 1.807) is 6.20 Å². The first kappa shape index (κ1) is 18.4. The molecule has 1 heterocycles. The minimum absolute atomic E-state index is 0.117. The fourth-order valence-corrected chi connectivity index (χ4v) is 2.96. The van der Waals surface area contributed by atoms with Gasteiger partial charge in [-0.3, -0.25) is 0 Å². The highest BCUT2D eigenvalue weighted by Gasteiger charge is 2.26. The molecule has 5 nitrogen and oxygen atoms in total. The van der Waals surface area contributed by atoms with Crippen LogP contribution in [0.1, 0.15) is 12.5 Å². The van der Waals surface area contributed by atoms with Crippen LogP contribution in [0.4, 0.5) is 10.1 Å². The van der Waals surface area contributed by atoms with Crippen molar-refractivity contribution in [3.05, 3.63) is 54.2 Å². The molecule has 0 radical (unpaired) electrons. The maximum absolute atomic E-state index is 13.3. The van der Waals surface area contributed by atoms with Crippen molar-refractivity contribution >= 4 is 16.6 Å². The Morgan fingerprint density at radius 2 is 1.96 bits per heavy atom. The first-order valence-electron chi connectivity index (χ1n) is 8.83. The van der Waals surface area contributed by atoms with E-state index in [0.717, 1.165) is 27.8 Å². The number of anilines is 1. The number of aliphatic hydroxyl groups is 1. The SMILES string of the molecule is CCNCC(O)(CF)CNc1cc(C)cc2c1cnn2-c1ccccc1. The zero-order valence-corrected chi connectivity index (χ0v) is 15.2. The third-order valence-electron chi connectivity index (χ3n) is 4.39. The summed E-state index contributed by atoms with van der Waals surface area (Å²) in [5.74, 6) is 0. The summed E-state index contributed by atoms with van der Waals surface area (Å²) >= 11 is 0. The van der Waals surface area contributed by atoms with Crippen molar-refractivity contribution < 1.29 is 9.50 Å². The van der Waals surface area contributed by atoms with Crippen LogP contribution < -0.4 is 10.6 Å². The maximum atomic E-state index is 13.3. The van der Waals surface area contributed by atoms with Crippen LogP contribution >= 0.6 is 0 Å². The average Bonchev–Trinajstić information content (AvgIpc) is 3.09. The van der Waals surface area contributed by atoms with Gasteiger partial charge in [0.25, 0.3) is 0 Å². The molecule has 0 spiro atoms. The molecule has 3 N–H and O–H groups in total. The first-order chi connectivity index (χ1) is 12.6. The largest absolute Gasteiger partial charge is 0.384 e. The molecule has 1 atom stereocenters. The third kappa shape index (κ3) is 3.86. The lowest BCUT2D eigenvalue weighted by Crippen LogP contribution is -2.48. The molecule has 0 saturated heterocycles. The lowest BCUT2D eigenvalue weighted by molar-refractivity contribution is 0.0287. The minimum Gasteiger partial charge on any atom is -0.384 e. The van der Waals surface area contributed by atoms with Crippen LogP contribution in [0.3, 0.4) is 0 Å². The van der Waals surface area contributed by atoms with Crippen LogP contribution in [0.5, 0.6) is 0 Å². The van der Waals surface area contributed by atoms with E-state index >= 15 is 0 Å². The van der Waals surface area contributed by atoms with Gasteiger partial charge in [-0.1, -0.05) is 25.1 Å². The van der Waals surface area contributed by atoms with E-state index < -0.39 is 12.3 Å². The number of aryl methyl sites for hydroxylation is 1. The van der Waals surface area contributed by atoms with E-state index in [0.29, 0.717) is 6.54 Å². The van der Waals surface area contributed by atoms with Crippen molar-refractivity contribution in [2.24, 2.45) is 0 Å². The highest BCUT2D eigenvalue weighted by molar-refractivity contribution is 5.93. The van der Waals surface area contributed by atoms with Gasteiger partial charge < -0.3 is 15.7 Å². The molecule has 138 valence electrons. The van der Waals surface area contributed by atoms with Gasteiger partial charge in [0.15, 0.2) is 0 Å². The predicted octanol–water partition coefficient (Wildman–Crippen LogP) is 3.06. The molecule has 2 aromatic carbocycles. The molecule has 0 aliphatic rings. The Balaban J connectivity index is 1.91. The molecule has 3 rings (SSSR count). The molecule has 0 aliphatic heterocycles. The van der Waals surface area contributed by atoms with E-state index in [1.165, 1.54) is 0 Å². The zero-order chi connectivity index (χ0) is 18.6. The lowest BCUT2D eigenvalue weighted by Gasteiger charge is -2.26. The van der Waals surface area contributed by atoms with E-state index in [1.807, 2.05) is 54.9 Å². The summed E-state index contributed by atoms with van der Waals surface area (Å²) in [6.45, 7) is 4.12. The highest BCUT2D eigenvalue weighted by Crippen LogP contribution is 2.27. The summed E-state index contributed by atoms with van der Waals surface area (Å²) in [5, 5.41) is 22.1. The van der Waals surface area contributed by atoms with Gasteiger partial charge in [-0.25, -0.2) is 9.07 Å². The molecular formula is C20H25FN4O. The molecule has 0 aliphatic carbocycles. The van der Waals surface area contributed by atoms with Crippen molar-refractivity contribution in [2.45, 2.75) is 19.4 Å². The number of benzene rings is 2. The van der Waals surface area contributed by atoms with Gasteiger partial charge in [0.1, 0.15) is 12.3 Å². The summed E-state index contributed by atoms with van der Waals surface area (Å²) in [5.41, 5.74) is 2.40. The molecule has 6 heteroatoms. The summed E-state index contributed by atoms with van der Waals surface area (Å²) < 4.78 is 15.2. The number of rotatable bonds is 8. The standard InChI is InChI=1S/C20H25FN4O/c1-3-22-13-20(26,12-21)14-23-18-9-15(2)10-19-17(18)11-24-25(19)16-7-5-4-6-8-16/h4-11,22-23,26H,3,12-14H2,1-2H3. The Bertz CT molecular complexity index is 865. The van der Waals surface area contributed by atoms with Crippen LogP contribution in [-0.4, -0.2) is 46.8 Å². The number of halogens is 1. The topological polar surface area (TPSA) is 62.1 Å². The Morgan fingerprint density at radius 3 is 2.65 bits per heavy atom. The van der Waals surface area contributed by atoms with Crippen molar-refractivity contribution in [3.63, 3.8) is 0 Å². The van der Waals surface area contributed by atoms with E-state index in [-0.39, 0.29) is 13.1 Å². The second-order valence-corrected chi connectivity index (χ2v) is 6.63. The molecule has 0 fully saturated rings. The van der Waals surface area contributed by atoms with Crippen LogP contribution in [0.15, 0.2) is 48.7 Å². The van der Waals surface area contributed by atoms with E-state index in [9.17, 15) is 9.50 Å². The highest BCUT2D eigenvalue weighted by atomic mass is 19.1. The quantitative estimate of drug-likeness (QED) is 0.581. The number of hydrogen-bond acceptors (Lipinski definition) is 4. The van der Waals surface area contributed by atoms with Crippen molar-refractivity contribution in [3.8, 4) is 5.69 Å². The molecule has 0 amide bonds. The molecule has 26 heavy (non-hydrogen) atoms.